The van der Waals surface area contributed by atoms with Crippen LogP contribution in [0.1, 0.15) is 31.7 Å². The van der Waals surface area contributed by atoms with Crippen molar-refractivity contribution in [3.8, 4) is 11.5 Å². The summed E-state index contributed by atoms with van der Waals surface area (Å²) in [6.07, 6.45) is 1.06. The van der Waals surface area contributed by atoms with Gasteiger partial charge in [-0.2, -0.15) is 0 Å². The van der Waals surface area contributed by atoms with Crippen molar-refractivity contribution in [2.45, 2.75) is 26.2 Å². The number of fused-ring (bicyclic) bond motifs is 1. The lowest BCUT2D eigenvalue weighted by Crippen LogP contribution is -2.45. The summed E-state index contributed by atoms with van der Waals surface area (Å²) in [6.45, 7) is 3.85. The predicted octanol–water partition coefficient (Wildman–Crippen LogP) is 4.72. The highest BCUT2D eigenvalue weighted by Gasteiger charge is 2.10. The lowest BCUT2D eigenvalue weighted by Gasteiger charge is -2.12. The molecule has 2 amide bonds. The molecule has 7 heteroatoms. The van der Waals surface area contributed by atoms with Crippen molar-refractivity contribution in [1.82, 2.24) is 10.9 Å². The fraction of sp³-hybridized carbons (Fsp3) is 0.250. The van der Waals surface area contributed by atoms with Crippen LogP contribution in [0.4, 0.5) is 0 Å². The minimum Gasteiger partial charge on any atom is -0.484 e. The number of hydrogen-bond acceptors (Lipinski definition) is 4. The zero-order chi connectivity index (χ0) is 22.2. The molecule has 2 N–H and O–H groups in total. The van der Waals surface area contributed by atoms with Crippen molar-refractivity contribution >= 4 is 38.5 Å². The maximum absolute atomic E-state index is 12.0. The fourth-order valence-corrected chi connectivity index (χ4v) is 3.56. The van der Waals surface area contributed by atoms with Crippen molar-refractivity contribution in [3.05, 3.63) is 70.7 Å². The van der Waals surface area contributed by atoms with Crippen LogP contribution in [0.3, 0.4) is 0 Å². The number of hydrazine groups is 1. The minimum absolute atomic E-state index is 0.208. The molecule has 0 aliphatic heterocycles. The third-order valence-corrected chi connectivity index (χ3v) is 5.78. The molecule has 0 aromatic heterocycles. The SMILES string of the molecule is CCC(C)c1ccc(OCC(=O)NNC(=O)COc2ccc3ccccc3c2Br)cc1. The molecule has 0 aliphatic rings. The van der Waals surface area contributed by atoms with E-state index in [4.69, 9.17) is 9.47 Å². The van der Waals surface area contributed by atoms with Crippen LogP contribution in [0, 0.1) is 0 Å². The van der Waals surface area contributed by atoms with Crippen molar-refractivity contribution in [1.29, 1.82) is 0 Å². The number of halogens is 1. The van der Waals surface area contributed by atoms with E-state index < -0.39 is 11.8 Å². The van der Waals surface area contributed by atoms with E-state index in [9.17, 15) is 9.59 Å². The summed E-state index contributed by atoms with van der Waals surface area (Å²) in [5.74, 6) is 0.671. The Bertz CT molecular complexity index is 1050. The number of carbonyl (C=O) groups is 2. The summed E-state index contributed by atoms with van der Waals surface area (Å²) < 4.78 is 11.8. The van der Waals surface area contributed by atoms with Crippen LogP contribution in [0.15, 0.2) is 65.1 Å². The van der Waals surface area contributed by atoms with Gasteiger partial charge in [0.1, 0.15) is 11.5 Å². The number of nitrogens with one attached hydrogen (secondary N) is 2. The summed E-state index contributed by atoms with van der Waals surface area (Å²) >= 11 is 3.51. The molecule has 0 spiro atoms. The van der Waals surface area contributed by atoms with Gasteiger partial charge < -0.3 is 9.47 Å². The lowest BCUT2D eigenvalue weighted by atomic mass is 9.99. The Morgan fingerprint density at radius 3 is 2.23 bits per heavy atom. The molecular formula is C24H25BrN2O4. The molecular weight excluding hydrogens is 460 g/mol. The van der Waals surface area contributed by atoms with Gasteiger partial charge in [-0.15, -0.1) is 0 Å². The minimum atomic E-state index is -0.480. The second-order valence-corrected chi connectivity index (χ2v) is 7.94. The van der Waals surface area contributed by atoms with Crippen LogP contribution in [-0.4, -0.2) is 25.0 Å². The van der Waals surface area contributed by atoms with Gasteiger partial charge in [-0.3, -0.25) is 20.4 Å². The molecule has 162 valence electrons. The van der Waals surface area contributed by atoms with E-state index >= 15 is 0 Å². The molecule has 0 saturated heterocycles. The summed E-state index contributed by atoms with van der Waals surface area (Å²) in [7, 11) is 0. The highest BCUT2D eigenvalue weighted by molar-refractivity contribution is 9.10. The largest absolute Gasteiger partial charge is 0.484 e. The monoisotopic (exact) mass is 484 g/mol. The third kappa shape index (κ3) is 6.21. The van der Waals surface area contributed by atoms with Crippen LogP contribution in [0.5, 0.6) is 11.5 Å². The number of carbonyl (C=O) groups excluding carboxylic acids is 2. The van der Waals surface area contributed by atoms with Gasteiger partial charge in [-0.05, 0) is 62.8 Å². The quantitative estimate of drug-likeness (QED) is 0.453. The Hall–Kier alpha value is -3.06. The van der Waals surface area contributed by atoms with E-state index in [0.29, 0.717) is 17.4 Å². The van der Waals surface area contributed by atoms with Crippen LogP contribution in [0.2, 0.25) is 0 Å². The van der Waals surface area contributed by atoms with Crippen LogP contribution < -0.4 is 20.3 Å². The van der Waals surface area contributed by atoms with E-state index in [-0.39, 0.29) is 13.2 Å². The first-order valence-corrected chi connectivity index (χ1v) is 10.9. The molecule has 3 rings (SSSR count). The molecule has 0 saturated carbocycles. The van der Waals surface area contributed by atoms with Gasteiger partial charge >= 0.3 is 0 Å². The first-order chi connectivity index (χ1) is 15.0. The average Bonchev–Trinajstić information content (AvgIpc) is 2.81. The molecule has 1 atom stereocenters. The van der Waals surface area contributed by atoms with Gasteiger partial charge in [-0.1, -0.05) is 56.3 Å². The van der Waals surface area contributed by atoms with Crippen molar-refractivity contribution in [2.75, 3.05) is 13.2 Å². The second-order valence-electron chi connectivity index (χ2n) is 7.15. The van der Waals surface area contributed by atoms with E-state index in [0.717, 1.165) is 21.7 Å². The molecule has 3 aromatic rings. The van der Waals surface area contributed by atoms with Crippen LogP contribution >= 0.6 is 15.9 Å². The van der Waals surface area contributed by atoms with Crippen LogP contribution in [-0.2, 0) is 9.59 Å². The number of amides is 2. The topological polar surface area (TPSA) is 76.7 Å². The first kappa shape index (κ1) is 22.6. The van der Waals surface area contributed by atoms with E-state index in [1.165, 1.54) is 5.56 Å². The molecule has 0 heterocycles. The van der Waals surface area contributed by atoms with E-state index in [1.807, 2.05) is 54.6 Å². The number of rotatable bonds is 8. The fourth-order valence-electron chi connectivity index (χ4n) is 2.96. The van der Waals surface area contributed by atoms with Crippen molar-refractivity contribution < 1.29 is 19.1 Å². The highest BCUT2D eigenvalue weighted by Crippen LogP contribution is 2.32. The van der Waals surface area contributed by atoms with E-state index in [2.05, 4.69) is 40.6 Å². The summed E-state index contributed by atoms with van der Waals surface area (Å²) in [5, 5.41) is 2.05. The normalized spacial score (nSPS) is 11.6. The molecule has 0 bridgehead atoms. The number of ether oxygens (including phenoxy) is 2. The summed E-state index contributed by atoms with van der Waals surface area (Å²) in [4.78, 5) is 23.9. The number of benzene rings is 3. The molecule has 31 heavy (non-hydrogen) atoms. The first-order valence-electron chi connectivity index (χ1n) is 10.1. The van der Waals surface area contributed by atoms with Crippen molar-refractivity contribution in [2.24, 2.45) is 0 Å². The molecule has 0 radical (unpaired) electrons. The van der Waals surface area contributed by atoms with Crippen LogP contribution in [0.25, 0.3) is 10.8 Å². The Kier molecular flexibility index (Phi) is 7.89. The Morgan fingerprint density at radius 2 is 1.55 bits per heavy atom. The second kappa shape index (κ2) is 10.8. The molecule has 6 nitrogen and oxygen atoms in total. The lowest BCUT2D eigenvalue weighted by molar-refractivity contribution is -0.131. The molecule has 3 aromatic carbocycles. The zero-order valence-electron chi connectivity index (χ0n) is 17.5. The van der Waals surface area contributed by atoms with Gasteiger partial charge in [-0.25, -0.2) is 0 Å². The summed E-state index contributed by atoms with van der Waals surface area (Å²) in [6, 6.07) is 19.2. The van der Waals surface area contributed by atoms with E-state index in [1.54, 1.807) is 6.07 Å². The number of hydrogen-bond donors (Lipinski definition) is 2. The van der Waals surface area contributed by atoms with Gasteiger partial charge in [0, 0.05) is 0 Å². The maximum atomic E-state index is 12.0. The average molecular weight is 485 g/mol. The Labute approximate surface area is 190 Å². The van der Waals surface area contributed by atoms with Crippen molar-refractivity contribution in [3.63, 3.8) is 0 Å². The highest BCUT2D eigenvalue weighted by atomic mass is 79.9. The zero-order valence-corrected chi connectivity index (χ0v) is 19.1. The molecule has 0 fully saturated rings. The molecule has 1 unspecified atom stereocenters. The third-order valence-electron chi connectivity index (χ3n) is 4.96. The molecule has 0 aliphatic carbocycles. The Morgan fingerprint density at radius 1 is 0.903 bits per heavy atom. The summed E-state index contributed by atoms with van der Waals surface area (Å²) in [5.41, 5.74) is 5.86. The maximum Gasteiger partial charge on any atom is 0.276 e. The van der Waals surface area contributed by atoms with Gasteiger partial charge in [0.15, 0.2) is 13.2 Å². The Balaban J connectivity index is 1.41. The van der Waals surface area contributed by atoms with Gasteiger partial charge in [0.05, 0.1) is 4.47 Å². The predicted molar refractivity (Wildman–Crippen MR) is 124 cm³/mol. The van der Waals surface area contributed by atoms with Gasteiger partial charge in [0.25, 0.3) is 11.8 Å². The standard InChI is InChI=1S/C24H25BrN2O4/c1-3-16(2)17-8-11-19(12-9-17)30-14-22(28)26-27-23(29)15-31-21-13-10-18-6-4-5-7-20(18)24(21)25/h4-13,16H,3,14-15H2,1-2H3,(H,26,28)(H,27,29). The van der Waals surface area contributed by atoms with Gasteiger partial charge in [0.2, 0.25) is 0 Å². The smallest absolute Gasteiger partial charge is 0.276 e.